The summed E-state index contributed by atoms with van der Waals surface area (Å²) in [7, 11) is 1.87. The molecule has 0 radical (unpaired) electrons. The van der Waals surface area contributed by atoms with Gasteiger partial charge in [0, 0.05) is 26.2 Å². The number of rotatable bonds is 4. The highest BCUT2D eigenvalue weighted by Crippen LogP contribution is 2.15. The van der Waals surface area contributed by atoms with Crippen LogP contribution in [0.5, 0.6) is 0 Å². The van der Waals surface area contributed by atoms with E-state index in [9.17, 15) is 4.79 Å². The molecule has 106 valence electrons. The molecule has 0 saturated carbocycles. The normalized spacial score (nSPS) is 17.6. The molecule has 1 fully saturated rings. The van der Waals surface area contributed by atoms with Gasteiger partial charge in [-0.05, 0) is 19.4 Å². The van der Waals surface area contributed by atoms with Gasteiger partial charge in [0.15, 0.2) is 0 Å². The van der Waals surface area contributed by atoms with Crippen LogP contribution < -0.4 is 5.73 Å². The van der Waals surface area contributed by atoms with Crippen LogP contribution in [0.1, 0.15) is 19.8 Å². The van der Waals surface area contributed by atoms with E-state index in [4.69, 9.17) is 5.73 Å². The average molecular weight is 266 g/mol. The number of nitrogen functional groups attached to an aromatic ring is 1. The molecule has 2 rings (SSSR count). The monoisotopic (exact) mass is 266 g/mol. The molecular formula is C12H22N6O. The van der Waals surface area contributed by atoms with Crippen molar-refractivity contribution in [2.45, 2.75) is 32.4 Å². The number of carbonyl (C=O) groups excluding carboxylic acids is 1. The number of aromatic nitrogens is 3. The van der Waals surface area contributed by atoms with Gasteiger partial charge in [0.2, 0.25) is 11.9 Å². The lowest BCUT2D eigenvalue weighted by Crippen LogP contribution is -2.46. The van der Waals surface area contributed by atoms with Crippen molar-refractivity contribution in [1.82, 2.24) is 24.6 Å². The lowest BCUT2D eigenvalue weighted by atomic mass is 10.0. The van der Waals surface area contributed by atoms with Crippen LogP contribution in [0.15, 0.2) is 6.33 Å². The Morgan fingerprint density at radius 1 is 1.53 bits per heavy atom. The van der Waals surface area contributed by atoms with Crippen LogP contribution in [-0.2, 0) is 11.3 Å². The molecule has 2 N–H and O–H groups in total. The van der Waals surface area contributed by atoms with E-state index in [1.54, 1.807) is 0 Å². The second-order valence-corrected chi connectivity index (χ2v) is 4.97. The Morgan fingerprint density at radius 2 is 2.21 bits per heavy atom. The minimum absolute atomic E-state index is 0.0554. The quantitative estimate of drug-likeness (QED) is 0.816. The molecule has 0 bridgehead atoms. The molecule has 1 aliphatic rings. The Balaban J connectivity index is 1.85. The number of likely N-dealkylation sites (tertiary alicyclic amines) is 1. The Bertz CT molecular complexity index is 424. The summed E-state index contributed by atoms with van der Waals surface area (Å²) in [6, 6.07) is 0.330. The summed E-state index contributed by atoms with van der Waals surface area (Å²) in [6.07, 6.45) is 3.56. The first kappa shape index (κ1) is 13.8. The van der Waals surface area contributed by atoms with Crippen molar-refractivity contribution in [3.63, 3.8) is 0 Å². The van der Waals surface area contributed by atoms with Gasteiger partial charge >= 0.3 is 0 Å². The van der Waals surface area contributed by atoms with Crippen LogP contribution in [0.3, 0.4) is 0 Å². The van der Waals surface area contributed by atoms with E-state index >= 15 is 0 Å². The average Bonchev–Trinajstić information content (AvgIpc) is 2.83. The number of likely N-dealkylation sites (N-methyl/N-ethyl adjacent to an activating group) is 1. The van der Waals surface area contributed by atoms with Gasteiger partial charge in [0.25, 0.3) is 0 Å². The van der Waals surface area contributed by atoms with Crippen molar-refractivity contribution in [3.05, 3.63) is 6.33 Å². The van der Waals surface area contributed by atoms with Crippen LogP contribution in [0, 0.1) is 0 Å². The number of anilines is 1. The topological polar surface area (TPSA) is 80.3 Å². The third-order valence-electron chi connectivity index (χ3n) is 3.80. The zero-order chi connectivity index (χ0) is 13.8. The SMILES string of the molecule is CCN1CCC(N(C)C(=O)Cn2cnc(N)n2)CC1. The van der Waals surface area contributed by atoms with Crippen molar-refractivity contribution >= 4 is 11.9 Å². The predicted octanol–water partition coefficient (Wildman–Crippen LogP) is -0.197. The van der Waals surface area contributed by atoms with Crippen molar-refractivity contribution in [2.24, 2.45) is 0 Å². The van der Waals surface area contributed by atoms with Crippen LogP contribution >= 0.6 is 0 Å². The van der Waals surface area contributed by atoms with Crippen LogP contribution in [0.4, 0.5) is 5.95 Å². The zero-order valence-electron chi connectivity index (χ0n) is 11.6. The van der Waals surface area contributed by atoms with Gasteiger partial charge < -0.3 is 15.5 Å². The fourth-order valence-electron chi connectivity index (χ4n) is 2.46. The molecule has 1 saturated heterocycles. The van der Waals surface area contributed by atoms with Gasteiger partial charge in [-0.25, -0.2) is 9.67 Å². The van der Waals surface area contributed by atoms with Crippen molar-refractivity contribution in [3.8, 4) is 0 Å². The van der Waals surface area contributed by atoms with Gasteiger partial charge in [0.05, 0.1) is 0 Å². The lowest BCUT2D eigenvalue weighted by molar-refractivity contribution is -0.133. The Hall–Kier alpha value is -1.63. The van der Waals surface area contributed by atoms with E-state index in [1.807, 2.05) is 11.9 Å². The first-order valence-corrected chi connectivity index (χ1v) is 6.73. The third-order valence-corrected chi connectivity index (χ3v) is 3.80. The molecule has 0 unspecified atom stereocenters. The van der Waals surface area contributed by atoms with Crippen molar-refractivity contribution < 1.29 is 4.79 Å². The number of hydrogen-bond donors (Lipinski definition) is 1. The molecule has 0 aliphatic carbocycles. The third kappa shape index (κ3) is 3.44. The molecule has 1 amide bonds. The number of nitrogens with zero attached hydrogens (tertiary/aromatic N) is 5. The molecular weight excluding hydrogens is 244 g/mol. The molecule has 7 nitrogen and oxygen atoms in total. The van der Waals surface area contributed by atoms with E-state index < -0.39 is 0 Å². The molecule has 1 aromatic heterocycles. The minimum atomic E-state index is 0.0554. The number of nitrogens with two attached hydrogens (primary N) is 1. The number of amides is 1. The fraction of sp³-hybridized carbons (Fsp3) is 0.750. The summed E-state index contributed by atoms with van der Waals surface area (Å²) in [5.41, 5.74) is 5.43. The molecule has 1 aliphatic heterocycles. The summed E-state index contributed by atoms with van der Waals surface area (Å²) in [5.74, 6) is 0.256. The smallest absolute Gasteiger partial charge is 0.244 e. The van der Waals surface area contributed by atoms with E-state index in [0.29, 0.717) is 6.04 Å². The first-order valence-electron chi connectivity index (χ1n) is 6.73. The lowest BCUT2D eigenvalue weighted by Gasteiger charge is -2.36. The number of hydrogen-bond acceptors (Lipinski definition) is 5. The standard InChI is InChI=1S/C12H22N6O/c1-3-17-6-4-10(5-7-17)16(2)11(19)8-18-9-14-12(13)15-18/h9-10H,3-8H2,1-2H3,(H2,13,15). The van der Waals surface area contributed by atoms with Crippen LogP contribution in [0.25, 0.3) is 0 Å². The predicted molar refractivity (Wildman–Crippen MR) is 72.3 cm³/mol. The molecule has 0 spiro atoms. The highest BCUT2D eigenvalue weighted by Gasteiger charge is 2.24. The second kappa shape index (κ2) is 6.01. The maximum atomic E-state index is 12.2. The Morgan fingerprint density at radius 3 is 2.74 bits per heavy atom. The van der Waals surface area contributed by atoms with Crippen LogP contribution in [0.2, 0.25) is 0 Å². The molecule has 0 atom stereocenters. The number of carbonyl (C=O) groups is 1. The molecule has 19 heavy (non-hydrogen) atoms. The summed E-state index contributed by atoms with van der Waals surface area (Å²) in [4.78, 5) is 20.2. The van der Waals surface area contributed by atoms with Gasteiger partial charge in [-0.1, -0.05) is 6.92 Å². The van der Waals surface area contributed by atoms with E-state index in [0.717, 1.165) is 32.5 Å². The molecule has 0 aromatic carbocycles. The summed E-state index contributed by atoms with van der Waals surface area (Å²) < 4.78 is 1.48. The van der Waals surface area contributed by atoms with E-state index in [1.165, 1.54) is 11.0 Å². The molecule has 1 aromatic rings. The second-order valence-electron chi connectivity index (χ2n) is 4.97. The number of piperidine rings is 1. The maximum absolute atomic E-state index is 12.2. The summed E-state index contributed by atoms with van der Waals surface area (Å²) in [5, 5.41) is 3.93. The highest BCUT2D eigenvalue weighted by molar-refractivity contribution is 5.75. The van der Waals surface area contributed by atoms with Gasteiger partial charge in [0.1, 0.15) is 12.9 Å². The van der Waals surface area contributed by atoms with Gasteiger partial charge in [-0.2, -0.15) is 0 Å². The Kier molecular flexibility index (Phi) is 4.36. The van der Waals surface area contributed by atoms with Crippen molar-refractivity contribution in [1.29, 1.82) is 0 Å². The summed E-state index contributed by atoms with van der Waals surface area (Å²) >= 11 is 0. The van der Waals surface area contributed by atoms with Crippen molar-refractivity contribution in [2.75, 3.05) is 32.4 Å². The highest BCUT2D eigenvalue weighted by atomic mass is 16.2. The Labute approximate surface area is 113 Å². The fourth-order valence-corrected chi connectivity index (χ4v) is 2.46. The van der Waals surface area contributed by atoms with E-state index in [-0.39, 0.29) is 18.4 Å². The van der Waals surface area contributed by atoms with Crippen LogP contribution in [-0.4, -0.2) is 63.2 Å². The van der Waals surface area contributed by atoms with E-state index in [2.05, 4.69) is 21.9 Å². The molecule has 7 heteroatoms. The van der Waals surface area contributed by atoms with Gasteiger partial charge in [-0.3, -0.25) is 4.79 Å². The zero-order valence-corrected chi connectivity index (χ0v) is 11.6. The minimum Gasteiger partial charge on any atom is -0.367 e. The molecule has 2 heterocycles. The largest absolute Gasteiger partial charge is 0.367 e. The first-order chi connectivity index (χ1) is 9.10. The maximum Gasteiger partial charge on any atom is 0.244 e. The summed E-state index contributed by atoms with van der Waals surface area (Å²) in [6.45, 7) is 5.59. The van der Waals surface area contributed by atoms with Gasteiger partial charge in [-0.15, -0.1) is 5.10 Å².